The number of benzene rings is 1. The first kappa shape index (κ1) is 16.1. The largest absolute Gasteiger partial charge is 0.338 e. The highest BCUT2D eigenvalue weighted by atomic mass is 32.1. The van der Waals surface area contributed by atoms with Gasteiger partial charge in [0.2, 0.25) is 4.96 Å². The van der Waals surface area contributed by atoms with Gasteiger partial charge in [0, 0.05) is 30.0 Å². The molecule has 2 amide bonds. The Labute approximate surface area is 150 Å². The number of amides is 2. The minimum absolute atomic E-state index is 0.0170. The van der Waals surface area contributed by atoms with Crippen LogP contribution in [0, 0.1) is 5.92 Å². The molecule has 1 aliphatic rings. The summed E-state index contributed by atoms with van der Waals surface area (Å²) in [7, 11) is 0. The lowest BCUT2D eigenvalue weighted by atomic mass is 10.2. The first-order chi connectivity index (χ1) is 12.1. The molecule has 1 aliphatic heterocycles. The molecule has 0 spiro atoms. The minimum atomic E-state index is 0.0170. The van der Waals surface area contributed by atoms with Gasteiger partial charge in [0.05, 0.1) is 12.2 Å². The van der Waals surface area contributed by atoms with Crippen molar-refractivity contribution in [2.24, 2.45) is 5.92 Å². The molecule has 0 bridgehead atoms. The first-order valence-corrected chi connectivity index (χ1v) is 9.39. The second kappa shape index (κ2) is 6.48. The van der Waals surface area contributed by atoms with Crippen LogP contribution in [0.4, 0.5) is 4.79 Å². The van der Waals surface area contributed by atoms with Crippen LogP contribution in [0.1, 0.15) is 24.4 Å². The molecule has 0 fully saturated rings. The molecule has 2 aromatic heterocycles. The number of carbonyl (C=O) groups excluding carboxylic acids is 1. The van der Waals surface area contributed by atoms with Crippen molar-refractivity contribution in [3.8, 4) is 11.4 Å². The lowest BCUT2D eigenvalue weighted by Crippen LogP contribution is -2.43. The number of fused-ring (bicyclic) bond motifs is 3. The fourth-order valence-corrected chi connectivity index (χ4v) is 4.09. The minimum Gasteiger partial charge on any atom is -0.338 e. The Balaban J connectivity index is 1.55. The summed E-state index contributed by atoms with van der Waals surface area (Å²) in [5, 5.41) is 7.68. The molecule has 25 heavy (non-hydrogen) atoms. The summed E-state index contributed by atoms with van der Waals surface area (Å²) in [5.74, 6) is 1.21. The summed E-state index contributed by atoms with van der Waals surface area (Å²) < 4.78 is 1.95. The number of aromatic nitrogens is 3. The van der Waals surface area contributed by atoms with Crippen molar-refractivity contribution in [1.82, 2.24) is 24.8 Å². The second-order valence-electron chi connectivity index (χ2n) is 6.72. The number of urea groups is 1. The van der Waals surface area contributed by atoms with Crippen molar-refractivity contribution < 1.29 is 4.79 Å². The molecule has 7 heteroatoms. The molecule has 1 N–H and O–H groups in total. The van der Waals surface area contributed by atoms with E-state index in [1.54, 1.807) is 11.3 Å². The Morgan fingerprint density at radius 1 is 1.32 bits per heavy atom. The summed E-state index contributed by atoms with van der Waals surface area (Å²) in [6, 6.07) is 10.0. The van der Waals surface area contributed by atoms with Crippen molar-refractivity contribution in [3.63, 3.8) is 0 Å². The van der Waals surface area contributed by atoms with Crippen LogP contribution in [-0.4, -0.2) is 38.6 Å². The Bertz CT molecular complexity index is 899. The van der Waals surface area contributed by atoms with E-state index in [1.165, 1.54) is 10.6 Å². The molecule has 0 unspecified atom stereocenters. The van der Waals surface area contributed by atoms with Crippen molar-refractivity contribution in [1.29, 1.82) is 0 Å². The van der Waals surface area contributed by atoms with E-state index in [9.17, 15) is 4.79 Å². The van der Waals surface area contributed by atoms with Crippen molar-refractivity contribution >= 4 is 22.3 Å². The zero-order valence-corrected chi connectivity index (χ0v) is 15.2. The van der Waals surface area contributed by atoms with Crippen LogP contribution < -0.4 is 5.32 Å². The standard InChI is InChI=1S/C18H21N5OS/c1-12(2)10-19-17(24)22-9-8-14-15(11-22)25-18-20-16(21-23(14)18)13-6-4-3-5-7-13/h3-7,12H,8-11H2,1-2H3,(H,19,24). The summed E-state index contributed by atoms with van der Waals surface area (Å²) in [6.07, 6.45) is 0.808. The second-order valence-corrected chi connectivity index (χ2v) is 7.78. The molecule has 0 atom stereocenters. The number of hydrogen-bond donors (Lipinski definition) is 1. The third kappa shape index (κ3) is 3.11. The molecular formula is C18H21N5OS. The van der Waals surface area contributed by atoms with E-state index in [-0.39, 0.29) is 6.03 Å². The molecule has 1 aromatic carbocycles. The van der Waals surface area contributed by atoms with Crippen LogP contribution in [0.3, 0.4) is 0 Å². The van der Waals surface area contributed by atoms with Gasteiger partial charge in [-0.25, -0.2) is 9.31 Å². The highest BCUT2D eigenvalue weighted by Crippen LogP contribution is 2.29. The predicted octanol–water partition coefficient (Wildman–Crippen LogP) is 3.18. The number of hydrogen-bond acceptors (Lipinski definition) is 4. The lowest BCUT2D eigenvalue weighted by molar-refractivity contribution is 0.191. The van der Waals surface area contributed by atoms with Crippen LogP contribution in [0.15, 0.2) is 30.3 Å². The van der Waals surface area contributed by atoms with E-state index in [1.807, 2.05) is 39.7 Å². The van der Waals surface area contributed by atoms with Crippen molar-refractivity contribution in [3.05, 3.63) is 40.9 Å². The molecular weight excluding hydrogens is 334 g/mol. The Hall–Kier alpha value is -2.41. The maximum absolute atomic E-state index is 12.3. The highest BCUT2D eigenvalue weighted by molar-refractivity contribution is 7.17. The quantitative estimate of drug-likeness (QED) is 0.785. The average Bonchev–Trinajstić information content (AvgIpc) is 3.17. The van der Waals surface area contributed by atoms with Crippen LogP contribution >= 0.6 is 11.3 Å². The van der Waals surface area contributed by atoms with Gasteiger partial charge in [-0.1, -0.05) is 55.5 Å². The maximum Gasteiger partial charge on any atom is 0.317 e. The van der Waals surface area contributed by atoms with E-state index in [0.29, 0.717) is 25.6 Å². The Kier molecular flexibility index (Phi) is 4.17. The van der Waals surface area contributed by atoms with Crippen LogP contribution in [-0.2, 0) is 13.0 Å². The monoisotopic (exact) mass is 355 g/mol. The number of rotatable bonds is 3. The SMILES string of the molecule is CC(C)CNC(=O)N1CCc2c(sc3nc(-c4ccccc4)nn23)C1. The summed E-state index contributed by atoms with van der Waals surface area (Å²) in [5.41, 5.74) is 2.21. The van der Waals surface area contributed by atoms with Gasteiger partial charge < -0.3 is 10.2 Å². The van der Waals surface area contributed by atoms with Crippen molar-refractivity contribution in [2.75, 3.05) is 13.1 Å². The molecule has 0 saturated heterocycles. The predicted molar refractivity (Wildman–Crippen MR) is 98.7 cm³/mol. The fourth-order valence-electron chi connectivity index (χ4n) is 2.98. The van der Waals surface area contributed by atoms with Crippen LogP contribution in [0.5, 0.6) is 0 Å². The van der Waals surface area contributed by atoms with Gasteiger partial charge in [-0.3, -0.25) is 0 Å². The van der Waals surface area contributed by atoms with Crippen LogP contribution in [0.2, 0.25) is 0 Å². The number of nitrogens with one attached hydrogen (secondary N) is 1. The molecule has 4 rings (SSSR count). The topological polar surface area (TPSA) is 62.5 Å². The molecule has 6 nitrogen and oxygen atoms in total. The van der Waals surface area contributed by atoms with Gasteiger partial charge in [0.25, 0.3) is 0 Å². The van der Waals surface area contributed by atoms with E-state index in [2.05, 4.69) is 29.2 Å². The zero-order valence-electron chi connectivity index (χ0n) is 14.4. The third-order valence-electron chi connectivity index (χ3n) is 4.30. The molecule has 0 saturated carbocycles. The lowest BCUT2D eigenvalue weighted by Gasteiger charge is -2.27. The van der Waals surface area contributed by atoms with Gasteiger partial charge in [-0.05, 0) is 5.92 Å². The summed E-state index contributed by atoms with van der Waals surface area (Å²) >= 11 is 1.63. The number of nitrogens with zero attached hydrogens (tertiary/aromatic N) is 4. The van der Waals surface area contributed by atoms with E-state index >= 15 is 0 Å². The van der Waals surface area contributed by atoms with Gasteiger partial charge in [-0.2, -0.15) is 4.98 Å². The highest BCUT2D eigenvalue weighted by Gasteiger charge is 2.26. The molecule has 0 radical (unpaired) electrons. The van der Waals surface area contributed by atoms with E-state index in [0.717, 1.165) is 22.8 Å². The van der Waals surface area contributed by atoms with Crippen molar-refractivity contribution in [2.45, 2.75) is 26.8 Å². The van der Waals surface area contributed by atoms with Gasteiger partial charge in [0.15, 0.2) is 5.82 Å². The van der Waals surface area contributed by atoms with Gasteiger partial charge in [-0.15, -0.1) is 5.10 Å². The Morgan fingerprint density at radius 3 is 2.88 bits per heavy atom. The molecule has 0 aliphatic carbocycles. The molecule has 3 aromatic rings. The summed E-state index contributed by atoms with van der Waals surface area (Å²) in [6.45, 7) is 6.24. The molecule has 3 heterocycles. The smallest absolute Gasteiger partial charge is 0.317 e. The number of thiazole rings is 1. The summed E-state index contributed by atoms with van der Waals surface area (Å²) in [4.78, 5) is 20.9. The van der Waals surface area contributed by atoms with Gasteiger partial charge in [0.1, 0.15) is 0 Å². The van der Waals surface area contributed by atoms with E-state index in [4.69, 9.17) is 0 Å². The zero-order chi connectivity index (χ0) is 17.4. The molecule has 130 valence electrons. The van der Waals surface area contributed by atoms with Gasteiger partial charge >= 0.3 is 6.03 Å². The maximum atomic E-state index is 12.3. The van der Waals surface area contributed by atoms with Crippen LogP contribution in [0.25, 0.3) is 16.3 Å². The average molecular weight is 355 g/mol. The normalized spacial score (nSPS) is 14.1. The van der Waals surface area contributed by atoms with E-state index < -0.39 is 0 Å². The first-order valence-electron chi connectivity index (χ1n) is 8.57. The fraction of sp³-hybridized carbons (Fsp3) is 0.389. The third-order valence-corrected chi connectivity index (χ3v) is 5.36. The number of carbonyl (C=O) groups is 1. The Morgan fingerprint density at radius 2 is 2.12 bits per heavy atom.